The molecule has 1 aromatic rings. The molecule has 1 aromatic heterocycles. The molecule has 1 fully saturated rings. The summed E-state index contributed by atoms with van der Waals surface area (Å²) in [4.78, 5) is 32.9. The van der Waals surface area contributed by atoms with Gasteiger partial charge in [0.1, 0.15) is 5.69 Å². The molecular formula is C17H25N6O3+. The highest BCUT2D eigenvalue weighted by atomic mass is 16.5. The first kappa shape index (κ1) is 18.2. The molecule has 9 heteroatoms. The quantitative estimate of drug-likeness (QED) is 0.725. The van der Waals surface area contributed by atoms with Crippen molar-refractivity contribution in [3.63, 3.8) is 0 Å². The van der Waals surface area contributed by atoms with E-state index in [4.69, 9.17) is 4.74 Å². The summed E-state index contributed by atoms with van der Waals surface area (Å²) in [6.07, 6.45) is 0. The number of hydrogen-bond donors (Lipinski definition) is 0. The molecule has 2 aliphatic heterocycles. The van der Waals surface area contributed by atoms with E-state index < -0.39 is 6.04 Å². The topological polar surface area (TPSA) is 83.0 Å². The number of carbonyl (C=O) groups excluding carboxylic acids is 2. The van der Waals surface area contributed by atoms with Crippen molar-refractivity contribution in [1.29, 1.82) is 0 Å². The van der Waals surface area contributed by atoms with Crippen LogP contribution in [0.2, 0.25) is 0 Å². The average molecular weight is 361 g/mol. The summed E-state index contributed by atoms with van der Waals surface area (Å²) in [7, 11) is 3.18. The Morgan fingerprint density at radius 1 is 1.23 bits per heavy atom. The lowest BCUT2D eigenvalue weighted by atomic mass is 10.1. The number of hydrogen-bond acceptors (Lipinski definition) is 5. The Balaban J connectivity index is 2.09. The average Bonchev–Trinajstić information content (AvgIpc) is 3.13. The van der Waals surface area contributed by atoms with Crippen molar-refractivity contribution in [1.82, 2.24) is 19.6 Å². The fraction of sp³-hybridized carbons (Fsp3) is 0.588. The third kappa shape index (κ3) is 2.54. The van der Waals surface area contributed by atoms with E-state index in [1.165, 1.54) is 9.80 Å². The smallest absolute Gasteiger partial charge is 0.383 e. The van der Waals surface area contributed by atoms with Crippen LogP contribution in [0, 0.1) is 20.8 Å². The molecule has 140 valence electrons. The molecule has 3 amide bonds. The number of methoxy groups -OCH3 is 1. The van der Waals surface area contributed by atoms with Crippen LogP contribution < -0.4 is 0 Å². The van der Waals surface area contributed by atoms with Crippen molar-refractivity contribution in [2.24, 2.45) is 4.99 Å². The third-order valence-electron chi connectivity index (χ3n) is 5.09. The predicted octanol–water partition coefficient (Wildman–Crippen LogP) is 0.366. The first-order chi connectivity index (χ1) is 12.3. The molecule has 0 N–H and O–H groups in total. The summed E-state index contributed by atoms with van der Waals surface area (Å²) < 4.78 is 8.68. The van der Waals surface area contributed by atoms with Crippen molar-refractivity contribution in [2.45, 2.75) is 33.7 Å². The number of ether oxygens (including phenoxy) is 1. The number of amidine groups is 1. The largest absolute Gasteiger partial charge is 0.421 e. The minimum atomic E-state index is -0.626. The van der Waals surface area contributed by atoms with E-state index in [2.05, 4.69) is 10.1 Å². The first-order valence-electron chi connectivity index (χ1n) is 8.66. The SMILES string of the molecule is CC[N+]1=C(n2nc(C)c(C)c2C)N=C2C1C(=O)N(CCOC)C(=O)N2C. The van der Waals surface area contributed by atoms with Gasteiger partial charge in [-0.3, -0.25) is 14.6 Å². The molecule has 3 heterocycles. The first-order valence-corrected chi connectivity index (χ1v) is 8.66. The van der Waals surface area contributed by atoms with Crippen molar-refractivity contribution in [3.05, 3.63) is 17.0 Å². The molecule has 0 aromatic carbocycles. The van der Waals surface area contributed by atoms with Crippen LogP contribution in [-0.4, -0.2) is 87.8 Å². The van der Waals surface area contributed by atoms with E-state index in [9.17, 15) is 9.59 Å². The normalized spacial score (nSPS) is 20.2. The van der Waals surface area contributed by atoms with E-state index in [1.807, 2.05) is 32.3 Å². The number of fused-ring (bicyclic) bond motifs is 1. The highest BCUT2D eigenvalue weighted by Gasteiger charge is 2.52. The zero-order chi connectivity index (χ0) is 19.2. The van der Waals surface area contributed by atoms with Crippen LogP contribution >= 0.6 is 0 Å². The zero-order valence-corrected chi connectivity index (χ0v) is 16.1. The summed E-state index contributed by atoms with van der Waals surface area (Å²) in [5.74, 6) is 0.734. The number of rotatable bonds is 4. The lowest BCUT2D eigenvalue weighted by Gasteiger charge is -2.33. The van der Waals surface area contributed by atoms with Crippen LogP contribution in [0.25, 0.3) is 0 Å². The molecule has 0 saturated carbocycles. The number of aryl methyl sites for hydroxylation is 1. The van der Waals surface area contributed by atoms with Crippen molar-refractivity contribution in [2.75, 3.05) is 33.9 Å². The maximum absolute atomic E-state index is 13.0. The van der Waals surface area contributed by atoms with Crippen molar-refractivity contribution in [3.8, 4) is 0 Å². The Labute approximate surface area is 152 Å². The Bertz CT molecular complexity index is 838. The highest BCUT2D eigenvalue weighted by Crippen LogP contribution is 2.21. The number of imide groups is 1. The fourth-order valence-electron chi connectivity index (χ4n) is 3.30. The second-order valence-electron chi connectivity index (χ2n) is 6.49. The van der Waals surface area contributed by atoms with E-state index in [-0.39, 0.29) is 18.5 Å². The number of carbonyl (C=O) groups is 2. The number of aliphatic imine (C=N–C) groups is 1. The lowest BCUT2D eigenvalue weighted by molar-refractivity contribution is -0.534. The number of likely N-dealkylation sites (N-methyl/N-ethyl adjacent to an activating group) is 2. The maximum Gasteiger partial charge on any atom is 0.421 e. The van der Waals surface area contributed by atoms with Gasteiger partial charge in [-0.2, -0.15) is 0 Å². The van der Waals surface area contributed by atoms with E-state index in [0.717, 1.165) is 17.0 Å². The molecule has 9 nitrogen and oxygen atoms in total. The molecule has 26 heavy (non-hydrogen) atoms. The maximum atomic E-state index is 13.0. The molecule has 0 spiro atoms. The molecule has 0 aliphatic carbocycles. The summed E-state index contributed by atoms with van der Waals surface area (Å²) in [6.45, 7) is 8.96. The minimum absolute atomic E-state index is 0.216. The van der Waals surface area contributed by atoms with E-state index in [1.54, 1.807) is 18.8 Å². The van der Waals surface area contributed by atoms with Gasteiger partial charge in [0.15, 0.2) is 0 Å². The summed E-state index contributed by atoms with van der Waals surface area (Å²) in [5.41, 5.74) is 2.97. The molecule has 1 saturated heterocycles. The Morgan fingerprint density at radius 2 is 1.92 bits per heavy atom. The minimum Gasteiger partial charge on any atom is -0.383 e. The third-order valence-corrected chi connectivity index (χ3v) is 5.09. The van der Waals surface area contributed by atoms with Gasteiger partial charge >= 0.3 is 12.0 Å². The summed E-state index contributed by atoms with van der Waals surface area (Å²) in [5, 5.41) is 4.57. The number of amides is 3. The monoisotopic (exact) mass is 361 g/mol. The number of urea groups is 1. The Morgan fingerprint density at radius 3 is 2.46 bits per heavy atom. The number of nitrogens with zero attached hydrogens (tertiary/aromatic N) is 6. The lowest BCUT2D eigenvalue weighted by Crippen LogP contribution is -2.63. The predicted molar refractivity (Wildman–Crippen MR) is 95.6 cm³/mol. The van der Waals surface area contributed by atoms with Crippen LogP contribution in [0.15, 0.2) is 4.99 Å². The molecule has 0 bridgehead atoms. The molecule has 1 unspecified atom stereocenters. The second-order valence-corrected chi connectivity index (χ2v) is 6.49. The fourth-order valence-corrected chi connectivity index (χ4v) is 3.30. The van der Waals surface area contributed by atoms with Crippen LogP contribution in [0.1, 0.15) is 23.9 Å². The molecule has 3 rings (SSSR count). The second kappa shape index (κ2) is 6.64. The Hall–Kier alpha value is -2.55. The van der Waals surface area contributed by atoms with Crippen molar-refractivity contribution >= 4 is 23.7 Å². The molecule has 2 aliphatic rings. The van der Waals surface area contributed by atoms with Crippen LogP contribution in [0.5, 0.6) is 0 Å². The van der Waals surface area contributed by atoms with Gasteiger partial charge in [0.2, 0.25) is 11.9 Å². The van der Waals surface area contributed by atoms with Gasteiger partial charge < -0.3 is 4.74 Å². The van der Waals surface area contributed by atoms with Gasteiger partial charge in [-0.25, -0.2) is 9.37 Å². The van der Waals surface area contributed by atoms with Gasteiger partial charge in [0.25, 0.3) is 5.91 Å². The standard InChI is InChI=1S/C17H25N6O3/c1-7-21-13-14(18-16(21)23-12(4)10(2)11(3)19-23)20(5)17(25)22(15(13)24)8-9-26-6/h13H,7-9H2,1-6H3/q+1. The summed E-state index contributed by atoms with van der Waals surface area (Å²) >= 11 is 0. The van der Waals surface area contributed by atoms with Gasteiger partial charge in [-0.1, -0.05) is 4.99 Å². The highest BCUT2D eigenvalue weighted by molar-refractivity contribution is 6.23. The number of aromatic nitrogens is 2. The Kier molecular flexibility index (Phi) is 4.66. The molecular weight excluding hydrogens is 336 g/mol. The van der Waals surface area contributed by atoms with Crippen LogP contribution in [0.4, 0.5) is 4.79 Å². The molecule has 0 radical (unpaired) electrons. The zero-order valence-electron chi connectivity index (χ0n) is 16.1. The van der Waals surface area contributed by atoms with Gasteiger partial charge in [-0.15, -0.1) is 9.78 Å². The van der Waals surface area contributed by atoms with E-state index >= 15 is 0 Å². The summed E-state index contributed by atoms with van der Waals surface area (Å²) in [6, 6.07) is -1.01. The van der Waals surface area contributed by atoms with Gasteiger partial charge in [-0.05, 0) is 27.7 Å². The van der Waals surface area contributed by atoms with E-state index in [0.29, 0.717) is 24.9 Å². The van der Waals surface area contributed by atoms with Crippen LogP contribution in [-0.2, 0) is 9.53 Å². The van der Waals surface area contributed by atoms with Gasteiger partial charge in [0, 0.05) is 19.7 Å². The molecule has 1 atom stereocenters. The van der Waals surface area contributed by atoms with Crippen molar-refractivity contribution < 1.29 is 18.9 Å². The van der Waals surface area contributed by atoms with Crippen LogP contribution in [0.3, 0.4) is 0 Å². The van der Waals surface area contributed by atoms with Gasteiger partial charge in [0.05, 0.1) is 25.4 Å².